The van der Waals surface area contributed by atoms with E-state index in [1.165, 1.54) is 0 Å². The van der Waals surface area contributed by atoms with Crippen LogP contribution < -0.4 is 4.72 Å². The third-order valence-electron chi connectivity index (χ3n) is 3.70. The molecule has 0 aliphatic heterocycles. The van der Waals surface area contributed by atoms with Gasteiger partial charge in [-0.05, 0) is 30.2 Å². The maximum absolute atomic E-state index is 12.2. The molecule has 0 bridgehead atoms. The summed E-state index contributed by atoms with van der Waals surface area (Å²) in [6.45, 7) is 2.04. The number of halogens is 1. The summed E-state index contributed by atoms with van der Waals surface area (Å²) in [4.78, 5) is 0. The zero-order valence-corrected chi connectivity index (χ0v) is 14.1. The van der Waals surface area contributed by atoms with Gasteiger partial charge in [0.2, 0.25) is 10.0 Å². The highest BCUT2D eigenvalue weighted by atomic mass is 35.5. The predicted molar refractivity (Wildman–Crippen MR) is 91.9 cm³/mol. The Morgan fingerprint density at radius 1 is 1.09 bits per heavy atom. The topological polar surface area (TPSA) is 59.3 Å². The van der Waals surface area contributed by atoms with Crippen molar-refractivity contribution in [2.75, 3.05) is 0 Å². The maximum atomic E-state index is 12.2. The van der Waals surface area contributed by atoms with Crippen LogP contribution in [0.3, 0.4) is 0 Å². The number of furan rings is 1. The third-order valence-corrected chi connectivity index (χ3v) is 5.34. The van der Waals surface area contributed by atoms with Crippen molar-refractivity contribution in [3.63, 3.8) is 0 Å². The first-order valence-corrected chi connectivity index (χ1v) is 9.17. The van der Waals surface area contributed by atoms with Crippen molar-refractivity contribution in [2.24, 2.45) is 0 Å². The summed E-state index contributed by atoms with van der Waals surface area (Å²) in [6, 6.07) is 14.5. The van der Waals surface area contributed by atoms with Crippen LogP contribution in [0.25, 0.3) is 11.0 Å². The number of para-hydroxylation sites is 1. The number of aryl methyl sites for hydroxylation is 1. The number of sulfonamides is 1. The molecule has 0 saturated carbocycles. The van der Waals surface area contributed by atoms with Crippen LogP contribution in [0, 0.1) is 6.92 Å². The average molecular weight is 350 g/mol. The lowest BCUT2D eigenvalue weighted by molar-refractivity contribution is 0.526. The normalized spacial score (nSPS) is 11.9. The summed E-state index contributed by atoms with van der Waals surface area (Å²) in [7, 11) is -3.50. The average Bonchev–Trinajstić information content (AvgIpc) is 2.85. The first-order chi connectivity index (χ1) is 11.0. The van der Waals surface area contributed by atoms with E-state index in [2.05, 4.69) is 4.72 Å². The second-order valence-corrected chi connectivity index (χ2v) is 7.53. The van der Waals surface area contributed by atoms with E-state index in [1.807, 2.05) is 31.2 Å². The Morgan fingerprint density at radius 2 is 1.78 bits per heavy atom. The van der Waals surface area contributed by atoms with Gasteiger partial charge in [-0.25, -0.2) is 13.1 Å². The van der Waals surface area contributed by atoms with Crippen LogP contribution >= 0.6 is 11.6 Å². The third kappa shape index (κ3) is 3.58. The molecule has 1 aromatic heterocycles. The Balaban J connectivity index is 1.76. The Hall–Kier alpha value is -1.82. The van der Waals surface area contributed by atoms with Gasteiger partial charge >= 0.3 is 0 Å². The standard InChI is InChI=1S/C17H16ClNO3S/c1-12-14-7-3-5-9-16(14)22-17(12)10-19-23(20,21)11-13-6-2-4-8-15(13)18/h2-9,19H,10-11H2,1H3. The van der Waals surface area contributed by atoms with E-state index in [0.29, 0.717) is 16.3 Å². The smallest absolute Gasteiger partial charge is 0.216 e. The maximum Gasteiger partial charge on any atom is 0.216 e. The zero-order chi connectivity index (χ0) is 16.4. The molecule has 3 aromatic rings. The summed E-state index contributed by atoms with van der Waals surface area (Å²) >= 11 is 6.02. The van der Waals surface area contributed by atoms with E-state index in [9.17, 15) is 8.42 Å². The molecule has 0 saturated heterocycles. The fourth-order valence-corrected chi connectivity index (χ4v) is 3.84. The lowest BCUT2D eigenvalue weighted by Crippen LogP contribution is -2.24. The number of rotatable bonds is 5. The lowest BCUT2D eigenvalue weighted by Gasteiger charge is -2.07. The molecule has 120 valence electrons. The van der Waals surface area contributed by atoms with Crippen molar-refractivity contribution >= 4 is 32.6 Å². The highest BCUT2D eigenvalue weighted by Crippen LogP contribution is 2.25. The van der Waals surface area contributed by atoms with Gasteiger partial charge in [0.25, 0.3) is 0 Å². The van der Waals surface area contributed by atoms with Gasteiger partial charge in [0.1, 0.15) is 11.3 Å². The number of hydrogen-bond donors (Lipinski definition) is 1. The lowest BCUT2D eigenvalue weighted by atomic mass is 10.1. The highest BCUT2D eigenvalue weighted by molar-refractivity contribution is 7.88. The minimum Gasteiger partial charge on any atom is -0.459 e. The first kappa shape index (κ1) is 16.1. The van der Waals surface area contributed by atoms with Crippen LogP contribution in [0.5, 0.6) is 0 Å². The number of nitrogens with one attached hydrogen (secondary N) is 1. The Labute approximate surface area is 140 Å². The minimum atomic E-state index is -3.50. The number of fused-ring (bicyclic) bond motifs is 1. The fraction of sp³-hybridized carbons (Fsp3) is 0.176. The summed E-state index contributed by atoms with van der Waals surface area (Å²) in [5.41, 5.74) is 2.27. The van der Waals surface area contributed by atoms with Gasteiger partial charge in [-0.15, -0.1) is 0 Å². The van der Waals surface area contributed by atoms with Crippen molar-refractivity contribution in [3.8, 4) is 0 Å². The van der Waals surface area contributed by atoms with Gasteiger partial charge in [-0.3, -0.25) is 0 Å². The molecule has 0 radical (unpaired) electrons. The van der Waals surface area contributed by atoms with Crippen LogP contribution in [0.15, 0.2) is 52.9 Å². The molecule has 0 fully saturated rings. The Morgan fingerprint density at radius 3 is 2.52 bits per heavy atom. The molecule has 6 heteroatoms. The second-order valence-electron chi connectivity index (χ2n) is 5.32. The van der Waals surface area contributed by atoms with E-state index in [4.69, 9.17) is 16.0 Å². The minimum absolute atomic E-state index is 0.118. The van der Waals surface area contributed by atoms with E-state index in [-0.39, 0.29) is 12.3 Å². The highest BCUT2D eigenvalue weighted by Gasteiger charge is 2.16. The predicted octanol–water partition coefficient (Wildman–Crippen LogP) is 4.01. The summed E-state index contributed by atoms with van der Waals surface area (Å²) in [5.74, 6) is 0.459. The van der Waals surface area contributed by atoms with Crippen LogP contribution in [0.4, 0.5) is 0 Å². The van der Waals surface area contributed by atoms with E-state index in [0.717, 1.165) is 16.5 Å². The van der Waals surface area contributed by atoms with Gasteiger partial charge in [-0.1, -0.05) is 48.0 Å². The molecule has 0 aliphatic carbocycles. The molecule has 0 unspecified atom stereocenters. The number of hydrogen-bond acceptors (Lipinski definition) is 3. The first-order valence-electron chi connectivity index (χ1n) is 7.14. The number of benzene rings is 2. The van der Waals surface area contributed by atoms with Gasteiger partial charge in [0.05, 0.1) is 12.3 Å². The molecule has 0 spiro atoms. The molecule has 0 aliphatic rings. The van der Waals surface area contributed by atoms with Crippen LogP contribution in [0.1, 0.15) is 16.9 Å². The molecule has 4 nitrogen and oxygen atoms in total. The molecule has 1 heterocycles. The van der Waals surface area contributed by atoms with Crippen molar-refractivity contribution in [2.45, 2.75) is 19.2 Å². The summed E-state index contributed by atoms with van der Waals surface area (Å²) < 4.78 is 32.8. The quantitative estimate of drug-likeness (QED) is 0.757. The van der Waals surface area contributed by atoms with Crippen molar-refractivity contribution < 1.29 is 12.8 Å². The molecular formula is C17H16ClNO3S. The Bertz CT molecular complexity index is 947. The fourth-order valence-electron chi connectivity index (χ4n) is 2.44. The molecule has 2 aromatic carbocycles. The van der Waals surface area contributed by atoms with E-state index < -0.39 is 10.0 Å². The van der Waals surface area contributed by atoms with Gasteiger partial charge in [0.15, 0.2) is 0 Å². The van der Waals surface area contributed by atoms with E-state index >= 15 is 0 Å². The van der Waals surface area contributed by atoms with Gasteiger partial charge < -0.3 is 4.42 Å². The summed E-state index contributed by atoms with van der Waals surface area (Å²) in [6.07, 6.45) is 0. The Kier molecular flexibility index (Phi) is 4.43. The van der Waals surface area contributed by atoms with Crippen molar-refractivity contribution in [1.82, 2.24) is 4.72 Å². The summed E-state index contributed by atoms with van der Waals surface area (Å²) in [5, 5.41) is 1.44. The molecule has 23 heavy (non-hydrogen) atoms. The van der Waals surface area contributed by atoms with E-state index in [1.54, 1.807) is 24.3 Å². The monoisotopic (exact) mass is 349 g/mol. The zero-order valence-electron chi connectivity index (χ0n) is 12.5. The molecule has 1 N–H and O–H groups in total. The van der Waals surface area contributed by atoms with Gasteiger partial charge in [0, 0.05) is 10.4 Å². The largest absolute Gasteiger partial charge is 0.459 e. The van der Waals surface area contributed by atoms with Crippen LogP contribution in [-0.2, 0) is 22.3 Å². The second kappa shape index (κ2) is 6.35. The van der Waals surface area contributed by atoms with Crippen molar-refractivity contribution in [3.05, 3.63) is 70.4 Å². The molecule has 0 atom stereocenters. The van der Waals surface area contributed by atoms with Gasteiger partial charge in [-0.2, -0.15) is 0 Å². The van der Waals surface area contributed by atoms with Crippen molar-refractivity contribution in [1.29, 1.82) is 0 Å². The SMILES string of the molecule is Cc1c(CNS(=O)(=O)Cc2ccccc2Cl)oc2ccccc12. The molecule has 0 amide bonds. The van der Waals surface area contributed by atoms with Crippen LogP contribution in [0.2, 0.25) is 5.02 Å². The van der Waals surface area contributed by atoms with Crippen LogP contribution in [-0.4, -0.2) is 8.42 Å². The molecule has 3 rings (SSSR count). The molecular weight excluding hydrogens is 334 g/mol.